The highest BCUT2D eigenvalue weighted by Gasteiger charge is 2.13. The standard InChI is InChI=1S/C11H12Cl3NO/c1-6-3-9(14)10(4-8(6)13)15-11(16)7(2)5-12/h3-4,7H,5H2,1-2H3,(H,15,16). The molecule has 0 saturated heterocycles. The number of carbonyl (C=O) groups is 1. The minimum atomic E-state index is -0.266. The third kappa shape index (κ3) is 3.27. The lowest BCUT2D eigenvalue weighted by Crippen LogP contribution is -2.21. The molecule has 1 atom stereocenters. The van der Waals surface area contributed by atoms with Crippen LogP contribution in [0.25, 0.3) is 0 Å². The van der Waals surface area contributed by atoms with E-state index in [-0.39, 0.29) is 17.7 Å². The lowest BCUT2D eigenvalue weighted by atomic mass is 10.2. The molecule has 0 aliphatic heterocycles. The van der Waals surface area contributed by atoms with E-state index in [0.717, 1.165) is 5.56 Å². The smallest absolute Gasteiger partial charge is 0.228 e. The molecule has 0 fully saturated rings. The van der Waals surface area contributed by atoms with Gasteiger partial charge >= 0.3 is 0 Å². The summed E-state index contributed by atoms with van der Waals surface area (Å²) in [7, 11) is 0. The number of aryl methyl sites for hydroxylation is 1. The zero-order valence-corrected chi connectivity index (χ0v) is 11.2. The minimum absolute atomic E-state index is 0.170. The van der Waals surface area contributed by atoms with Crippen LogP contribution in [-0.4, -0.2) is 11.8 Å². The minimum Gasteiger partial charge on any atom is -0.324 e. The second-order valence-corrected chi connectivity index (χ2v) is 4.75. The van der Waals surface area contributed by atoms with E-state index in [1.54, 1.807) is 19.1 Å². The average molecular weight is 281 g/mol. The predicted octanol–water partition coefficient (Wildman–Crippen LogP) is 4.12. The van der Waals surface area contributed by atoms with E-state index >= 15 is 0 Å². The first-order chi connectivity index (χ1) is 7.45. The van der Waals surface area contributed by atoms with Crippen LogP contribution in [0, 0.1) is 12.8 Å². The number of anilines is 1. The molecule has 1 aromatic rings. The first-order valence-corrected chi connectivity index (χ1v) is 6.07. The Morgan fingerprint density at radius 2 is 2.00 bits per heavy atom. The summed E-state index contributed by atoms with van der Waals surface area (Å²) >= 11 is 17.5. The summed E-state index contributed by atoms with van der Waals surface area (Å²) in [6.07, 6.45) is 0. The summed E-state index contributed by atoms with van der Waals surface area (Å²) in [5.41, 5.74) is 1.38. The number of hydrogen-bond acceptors (Lipinski definition) is 1. The Bertz CT molecular complexity index is 406. The molecule has 1 amide bonds. The van der Waals surface area contributed by atoms with E-state index in [4.69, 9.17) is 34.8 Å². The molecule has 1 unspecified atom stereocenters. The van der Waals surface area contributed by atoms with E-state index in [1.807, 2.05) is 6.92 Å². The van der Waals surface area contributed by atoms with Gasteiger partial charge in [-0.2, -0.15) is 0 Å². The molecule has 1 rings (SSSR count). The zero-order valence-electron chi connectivity index (χ0n) is 8.98. The molecule has 0 aromatic heterocycles. The Morgan fingerprint density at radius 1 is 1.38 bits per heavy atom. The Morgan fingerprint density at radius 3 is 2.56 bits per heavy atom. The van der Waals surface area contributed by atoms with E-state index in [1.165, 1.54) is 0 Å². The van der Waals surface area contributed by atoms with Crippen LogP contribution in [-0.2, 0) is 4.79 Å². The van der Waals surface area contributed by atoms with Crippen LogP contribution < -0.4 is 5.32 Å². The molecule has 0 radical (unpaired) electrons. The Kier molecular flexibility index (Phi) is 4.90. The molecule has 5 heteroatoms. The van der Waals surface area contributed by atoms with Gasteiger partial charge in [-0.05, 0) is 24.6 Å². The van der Waals surface area contributed by atoms with Gasteiger partial charge in [0.2, 0.25) is 5.91 Å². The van der Waals surface area contributed by atoms with Crippen LogP contribution in [0.3, 0.4) is 0 Å². The van der Waals surface area contributed by atoms with Gasteiger partial charge in [-0.15, -0.1) is 11.6 Å². The van der Waals surface area contributed by atoms with Crippen molar-refractivity contribution >= 4 is 46.4 Å². The van der Waals surface area contributed by atoms with Crippen molar-refractivity contribution in [3.8, 4) is 0 Å². The number of carbonyl (C=O) groups excluding carboxylic acids is 1. The summed E-state index contributed by atoms with van der Waals surface area (Å²) in [6.45, 7) is 3.59. The molecule has 0 heterocycles. The van der Waals surface area contributed by atoms with Crippen molar-refractivity contribution in [3.05, 3.63) is 27.7 Å². The van der Waals surface area contributed by atoms with E-state index < -0.39 is 0 Å². The fraction of sp³-hybridized carbons (Fsp3) is 0.364. The van der Waals surface area contributed by atoms with Crippen molar-refractivity contribution in [3.63, 3.8) is 0 Å². The Hall–Kier alpha value is -0.440. The molecular formula is C11H12Cl3NO. The maximum Gasteiger partial charge on any atom is 0.228 e. The van der Waals surface area contributed by atoms with Crippen LogP contribution in [0.4, 0.5) is 5.69 Å². The molecule has 1 aromatic carbocycles. The van der Waals surface area contributed by atoms with E-state index in [2.05, 4.69) is 5.32 Å². The van der Waals surface area contributed by atoms with Crippen molar-refractivity contribution in [2.75, 3.05) is 11.2 Å². The second kappa shape index (κ2) is 5.76. The van der Waals surface area contributed by atoms with Crippen molar-refractivity contribution in [2.24, 2.45) is 5.92 Å². The van der Waals surface area contributed by atoms with Gasteiger partial charge in [-0.25, -0.2) is 0 Å². The summed E-state index contributed by atoms with van der Waals surface area (Å²) in [5.74, 6) is -0.169. The van der Waals surface area contributed by atoms with Crippen molar-refractivity contribution in [2.45, 2.75) is 13.8 Å². The molecule has 1 N–H and O–H groups in total. The number of amides is 1. The Labute approximate surface area is 110 Å². The molecule has 0 saturated carbocycles. The first-order valence-electron chi connectivity index (χ1n) is 4.78. The summed E-state index contributed by atoms with van der Waals surface area (Å²) in [6, 6.07) is 3.35. The lowest BCUT2D eigenvalue weighted by molar-refractivity contribution is -0.118. The number of nitrogens with one attached hydrogen (secondary N) is 1. The van der Waals surface area contributed by atoms with E-state index in [0.29, 0.717) is 15.7 Å². The molecule has 0 aliphatic rings. The monoisotopic (exact) mass is 279 g/mol. The molecule has 0 spiro atoms. The topological polar surface area (TPSA) is 29.1 Å². The van der Waals surface area contributed by atoms with Gasteiger partial charge in [-0.1, -0.05) is 30.1 Å². The van der Waals surface area contributed by atoms with Crippen LogP contribution in [0.2, 0.25) is 10.0 Å². The van der Waals surface area contributed by atoms with Gasteiger partial charge in [0.15, 0.2) is 0 Å². The third-order valence-electron chi connectivity index (χ3n) is 2.19. The largest absolute Gasteiger partial charge is 0.324 e. The highest BCUT2D eigenvalue weighted by Crippen LogP contribution is 2.29. The van der Waals surface area contributed by atoms with Gasteiger partial charge in [0.25, 0.3) is 0 Å². The van der Waals surface area contributed by atoms with Gasteiger partial charge in [-0.3, -0.25) is 4.79 Å². The van der Waals surface area contributed by atoms with Gasteiger partial charge in [0, 0.05) is 16.8 Å². The fourth-order valence-electron chi connectivity index (χ4n) is 1.07. The average Bonchev–Trinajstić information content (AvgIpc) is 2.24. The fourth-order valence-corrected chi connectivity index (χ4v) is 1.64. The molecular weight excluding hydrogens is 268 g/mol. The van der Waals surface area contributed by atoms with Gasteiger partial charge < -0.3 is 5.32 Å². The van der Waals surface area contributed by atoms with Crippen LogP contribution in [0.1, 0.15) is 12.5 Å². The summed E-state index contributed by atoms with van der Waals surface area (Å²) < 4.78 is 0. The number of rotatable bonds is 3. The van der Waals surface area contributed by atoms with Crippen molar-refractivity contribution in [1.29, 1.82) is 0 Å². The van der Waals surface area contributed by atoms with Crippen molar-refractivity contribution in [1.82, 2.24) is 0 Å². The molecule has 0 bridgehead atoms. The first kappa shape index (κ1) is 13.6. The summed E-state index contributed by atoms with van der Waals surface area (Å²) in [5, 5.41) is 3.73. The van der Waals surface area contributed by atoms with Crippen molar-refractivity contribution < 1.29 is 4.79 Å². The maximum absolute atomic E-state index is 11.6. The molecule has 2 nitrogen and oxygen atoms in total. The third-order valence-corrected chi connectivity index (χ3v) is 3.37. The van der Waals surface area contributed by atoms with Gasteiger partial charge in [0.1, 0.15) is 0 Å². The zero-order chi connectivity index (χ0) is 12.3. The molecule has 0 aliphatic carbocycles. The molecule has 88 valence electrons. The number of halogens is 3. The normalized spacial score (nSPS) is 12.3. The van der Waals surface area contributed by atoms with E-state index in [9.17, 15) is 4.79 Å². The number of hydrogen-bond donors (Lipinski definition) is 1. The van der Waals surface area contributed by atoms with Crippen LogP contribution >= 0.6 is 34.8 Å². The van der Waals surface area contributed by atoms with Crippen LogP contribution in [0.5, 0.6) is 0 Å². The maximum atomic E-state index is 11.6. The predicted molar refractivity (Wildman–Crippen MR) is 69.7 cm³/mol. The van der Waals surface area contributed by atoms with Crippen LogP contribution in [0.15, 0.2) is 12.1 Å². The molecule has 16 heavy (non-hydrogen) atoms. The number of benzene rings is 1. The lowest BCUT2D eigenvalue weighted by Gasteiger charge is -2.11. The van der Waals surface area contributed by atoms with Gasteiger partial charge in [0.05, 0.1) is 10.7 Å². The highest BCUT2D eigenvalue weighted by molar-refractivity contribution is 6.36. The second-order valence-electron chi connectivity index (χ2n) is 3.63. The summed E-state index contributed by atoms with van der Waals surface area (Å²) in [4.78, 5) is 11.6. The highest BCUT2D eigenvalue weighted by atomic mass is 35.5. The number of alkyl halides is 1. The Balaban J connectivity index is 2.90. The quantitative estimate of drug-likeness (QED) is 0.829. The SMILES string of the molecule is Cc1cc(Cl)c(NC(=O)C(C)CCl)cc1Cl.